The van der Waals surface area contributed by atoms with E-state index in [0.717, 1.165) is 44.4 Å². The van der Waals surface area contributed by atoms with Gasteiger partial charge in [0.25, 0.3) is 0 Å². The summed E-state index contributed by atoms with van der Waals surface area (Å²) >= 11 is 0. The van der Waals surface area contributed by atoms with Crippen molar-refractivity contribution in [3.05, 3.63) is 0 Å². The van der Waals surface area contributed by atoms with E-state index in [1.54, 1.807) is 0 Å². The van der Waals surface area contributed by atoms with Gasteiger partial charge in [0.1, 0.15) is 6.61 Å². The standard InChI is InChI=1S/C28H54O5/c1-4-5-6-7-11-16-19-22-28(31)33-26(23-29)24-32-27(30)21-18-15-13-10-8-9-12-14-17-20-25(2)3/h25-26,29H,4-24H2,1-3H3/t26-/m0/s1. The highest BCUT2D eigenvalue weighted by Gasteiger charge is 2.16. The van der Waals surface area contributed by atoms with Crippen molar-refractivity contribution in [3.8, 4) is 0 Å². The molecule has 1 atom stereocenters. The van der Waals surface area contributed by atoms with Gasteiger partial charge < -0.3 is 14.6 Å². The largest absolute Gasteiger partial charge is 0.462 e. The van der Waals surface area contributed by atoms with Crippen LogP contribution in [0.1, 0.15) is 143 Å². The molecule has 0 aromatic heterocycles. The number of unbranched alkanes of at least 4 members (excludes halogenated alkanes) is 14. The molecule has 0 fully saturated rings. The summed E-state index contributed by atoms with van der Waals surface area (Å²) in [6.45, 7) is 6.38. The molecule has 0 bridgehead atoms. The van der Waals surface area contributed by atoms with Gasteiger partial charge in [-0.05, 0) is 18.8 Å². The highest BCUT2D eigenvalue weighted by molar-refractivity contribution is 5.70. The third-order valence-corrected chi connectivity index (χ3v) is 6.08. The Bertz CT molecular complexity index is 450. The summed E-state index contributed by atoms with van der Waals surface area (Å²) in [6.07, 6.45) is 20.2. The van der Waals surface area contributed by atoms with Gasteiger partial charge in [-0.15, -0.1) is 0 Å². The lowest BCUT2D eigenvalue weighted by Crippen LogP contribution is -2.28. The summed E-state index contributed by atoms with van der Waals surface area (Å²) in [5.41, 5.74) is 0. The Morgan fingerprint density at radius 1 is 0.667 bits per heavy atom. The molecule has 5 nitrogen and oxygen atoms in total. The van der Waals surface area contributed by atoms with Crippen molar-refractivity contribution in [2.75, 3.05) is 13.2 Å². The summed E-state index contributed by atoms with van der Waals surface area (Å²) in [7, 11) is 0. The number of carbonyl (C=O) groups is 2. The topological polar surface area (TPSA) is 72.8 Å². The van der Waals surface area contributed by atoms with Gasteiger partial charge >= 0.3 is 11.9 Å². The fourth-order valence-corrected chi connectivity index (χ4v) is 3.91. The van der Waals surface area contributed by atoms with Gasteiger partial charge in [0.2, 0.25) is 0 Å². The van der Waals surface area contributed by atoms with Crippen LogP contribution in [0.25, 0.3) is 0 Å². The summed E-state index contributed by atoms with van der Waals surface area (Å²) in [6, 6.07) is 0. The molecular formula is C28H54O5. The van der Waals surface area contributed by atoms with Crippen LogP contribution in [0.5, 0.6) is 0 Å². The average Bonchev–Trinajstić information content (AvgIpc) is 2.79. The van der Waals surface area contributed by atoms with Crippen LogP contribution >= 0.6 is 0 Å². The van der Waals surface area contributed by atoms with Crippen LogP contribution in [0.4, 0.5) is 0 Å². The van der Waals surface area contributed by atoms with Crippen molar-refractivity contribution in [1.29, 1.82) is 0 Å². The van der Waals surface area contributed by atoms with E-state index in [-0.39, 0.29) is 25.2 Å². The summed E-state index contributed by atoms with van der Waals surface area (Å²) in [5.74, 6) is 0.223. The van der Waals surface area contributed by atoms with Crippen LogP contribution in [-0.4, -0.2) is 36.4 Å². The van der Waals surface area contributed by atoms with Gasteiger partial charge in [0.15, 0.2) is 6.10 Å². The first-order valence-electron chi connectivity index (χ1n) is 14.0. The van der Waals surface area contributed by atoms with Crippen LogP contribution in [0.15, 0.2) is 0 Å². The second-order valence-electron chi connectivity index (χ2n) is 9.96. The average molecular weight is 471 g/mol. The predicted molar refractivity (Wildman–Crippen MR) is 136 cm³/mol. The Kier molecular flexibility index (Phi) is 23.2. The summed E-state index contributed by atoms with van der Waals surface area (Å²) in [5, 5.41) is 9.40. The molecule has 0 heterocycles. The highest BCUT2D eigenvalue weighted by atomic mass is 16.6. The molecule has 0 saturated heterocycles. The molecule has 0 aliphatic heterocycles. The van der Waals surface area contributed by atoms with E-state index in [1.165, 1.54) is 70.6 Å². The number of aliphatic hydroxyl groups excluding tert-OH is 1. The molecule has 0 unspecified atom stereocenters. The van der Waals surface area contributed by atoms with Gasteiger partial charge in [-0.1, -0.05) is 117 Å². The number of hydrogen-bond donors (Lipinski definition) is 1. The number of hydrogen-bond acceptors (Lipinski definition) is 5. The zero-order valence-electron chi connectivity index (χ0n) is 22.1. The smallest absolute Gasteiger partial charge is 0.306 e. The van der Waals surface area contributed by atoms with Gasteiger partial charge in [-0.2, -0.15) is 0 Å². The normalized spacial score (nSPS) is 12.2. The molecule has 0 amide bonds. The molecule has 33 heavy (non-hydrogen) atoms. The van der Waals surface area contributed by atoms with Crippen molar-refractivity contribution in [3.63, 3.8) is 0 Å². The van der Waals surface area contributed by atoms with Crippen LogP contribution in [0.3, 0.4) is 0 Å². The summed E-state index contributed by atoms with van der Waals surface area (Å²) < 4.78 is 10.4. The van der Waals surface area contributed by atoms with Gasteiger partial charge in [0.05, 0.1) is 6.61 Å². The molecular weight excluding hydrogens is 416 g/mol. The maximum absolute atomic E-state index is 11.9. The molecule has 0 spiro atoms. The molecule has 196 valence electrons. The minimum absolute atomic E-state index is 0.0606. The van der Waals surface area contributed by atoms with E-state index in [1.807, 2.05) is 0 Å². The Morgan fingerprint density at radius 2 is 1.12 bits per heavy atom. The molecule has 0 aliphatic rings. The summed E-state index contributed by atoms with van der Waals surface area (Å²) in [4.78, 5) is 23.8. The SMILES string of the molecule is CCCCCCCCCC(=O)O[C@@H](CO)COC(=O)CCCCCCCCCCCC(C)C. The van der Waals surface area contributed by atoms with E-state index in [0.29, 0.717) is 12.8 Å². The second-order valence-corrected chi connectivity index (χ2v) is 9.96. The Morgan fingerprint density at radius 3 is 1.61 bits per heavy atom. The van der Waals surface area contributed by atoms with Crippen LogP contribution in [0, 0.1) is 5.92 Å². The van der Waals surface area contributed by atoms with Crippen LogP contribution < -0.4 is 0 Å². The second kappa shape index (κ2) is 24.0. The quantitative estimate of drug-likeness (QED) is 0.117. The molecule has 1 N–H and O–H groups in total. The number of ether oxygens (including phenoxy) is 2. The molecule has 0 aromatic rings. The number of rotatable bonds is 24. The van der Waals surface area contributed by atoms with Crippen molar-refractivity contribution in [2.45, 2.75) is 149 Å². The lowest BCUT2D eigenvalue weighted by Gasteiger charge is -2.15. The first kappa shape index (κ1) is 31.9. The molecule has 0 aromatic carbocycles. The minimum atomic E-state index is -0.758. The Labute approximate surface area is 204 Å². The maximum atomic E-state index is 11.9. The molecule has 5 heteroatoms. The molecule has 0 aliphatic carbocycles. The first-order chi connectivity index (χ1) is 16.0. The van der Waals surface area contributed by atoms with Crippen LogP contribution in [0.2, 0.25) is 0 Å². The number of esters is 2. The molecule has 0 rings (SSSR count). The van der Waals surface area contributed by atoms with E-state index < -0.39 is 6.10 Å². The minimum Gasteiger partial charge on any atom is -0.462 e. The lowest BCUT2D eigenvalue weighted by atomic mass is 10.0. The van der Waals surface area contributed by atoms with Crippen LogP contribution in [-0.2, 0) is 19.1 Å². The van der Waals surface area contributed by atoms with Crippen molar-refractivity contribution >= 4 is 11.9 Å². The van der Waals surface area contributed by atoms with E-state index in [9.17, 15) is 14.7 Å². The van der Waals surface area contributed by atoms with Gasteiger partial charge in [0, 0.05) is 12.8 Å². The fourth-order valence-electron chi connectivity index (χ4n) is 3.91. The van der Waals surface area contributed by atoms with E-state index >= 15 is 0 Å². The molecule has 0 saturated carbocycles. The monoisotopic (exact) mass is 470 g/mol. The first-order valence-corrected chi connectivity index (χ1v) is 14.0. The number of carbonyl (C=O) groups excluding carboxylic acids is 2. The third kappa shape index (κ3) is 23.8. The lowest BCUT2D eigenvalue weighted by molar-refractivity contribution is -0.161. The van der Waals surface area contributed by atoms with E-state index in [4.69, 9.17) is 9.47 Å². The zero-order valence-corrected chi connectivity index (χ0v) is 22.1. The number of aliphatic hydroxyl groups is 1. The predicted octanol–water partition coefficient (Wildman–Crippen LogP) is 7.52. The van der Waals surface area contributed by atoms with Crippen molar-refractivity contribution in [2.24, 2.45) is 5.92 Å². The molecule has 0 radical (unpaired) electrons. The van der Waals surface area contributed by atoms with Crippen molar-refractivity contribution < 1.29 is 24.2 Å². The van der Waals surface area contributed by atoms with Gasteiger partial charge in [-0.25, -0.2) is 0 Å². The Hall–Kier alpha value is -1.10. The van der Waals surface area contributed by atoms with Crippen molar-refractivity contribution in [1.82, 2.24) is 0 Å². The highest BCUT2D eigenvalue weighted by Crippen LogP contribution is 2.14. The van der Waals surface area contributed by atoms with Gasteiger partial charge in [-0.3, -0.25) is 9.59 Å². The zero-order chi connectivity index (χ0) is 24.6. The van der Waals surface area contributed by atoms with E-state index in [2.05, 4.69) is 20.8 Å². The third-order valence-electron chi connectivity index (χ3n) is 6.08. The fraction of sp³-hybridized carbons (Fsp3) is 0.929. The maximum Gasteiger partial charge on any atom is 0.306 e. The Balaban J connectivity index is 3.59.